The molecule has 3 nitrogen and oxygen atoms in total. The van der Waals surface area contributed by atoms with Crippen LogP contribution in [-0.4, -0.2) is 18.4 Å². The van der Waals surface area contributed by atoms with Crippen LogP contribution in [0, 0.1) is 0 Å². The zero-order valence-corrected chi connectivity index (χ0v) is 13.9. The molecule has 1 heterocycles. The number of rotatable bonds is 4. The number of thiocarbonyl (C=S) groups is 1. The van der Waals surface area contributed by atoms with Crippen molar-refractivity contribution >= 4 is 23.1 Å². The Kier molecular flexibility index (Phi) is 5.31. The molecule has 0 N–H and O–H groups in total. The van der Waals surface area contributed by atoms with Crippen molar-refractivity contribution in [3.63, 3.8) is 0 Å². The van der Waals surface area contributed by atoms with Crippen LogP contribution in [0.2, 0.25) is 0 Å². The Hall–Kier alpha value is -1.84. The van der Waals surface area contributed by atoms with Gasteiger partial charge in [-0.2, -0.15) is 4.99 Å². The highest BCUT2D eigenvalue weighted by Gasteiger charge is 2.26. The first kappa shape index (κ1) is 16.0. The smallest absolute Gasteiger partial charge is 0.185 e. The van der Waals surface area contributed by atoms with E-state index in [-0.39, 0.29) is 5.92 Å². The number of aliphatic imine (C=N–C) groups is 1. The number of ether oxygens (including phenoxy) is 2. The molecule has 1 fully saturated rings. The van der Waals surface area contributed by atoms with Crippen LogP contribution in [0.1, 0.15) is 35.8 Å². The third-order valence-corrected chi connectivity index (χ3v) is 4.21. The van der Waals surface area contributed by atoms with Crippen molar-refractivity contribution in [2.45, 2.75) is 25.6 Å². The molecule has 0 amide bonds. The monoisotopic (exact) mass is 325 g/mol. The summed E-state index contributed by atoms with van der Waals surface area (Å²) in [4.78, 5) is 4.08. The molecule has 0 saturated carbocycles. The van der Waals surface area contributed by atoms with E-state index in [0.29, 0.717) is 13.2 Å². The molecule has 2 aromatic rings. The minimum atomic E-state index is -0.399. The zero-order chi connectivity index (χ0) is 16.1. The van der Waals surface area contributed by atoms with Gasteiger partial charge in [0.2, 0.25) is 0 Å². The van der Waals surface area contributed by atoms with E-state index < -0.39 is 6.29 Å². The highest BCUT2D eigenvalue weighted by atomic mass is 32.1. The molecule has 0 spiro atoms. The lowest BCUT2D eigenvalue weighted by Crippen LogP contribution is -2.25. The van der Waals surface area contributed by atoms with Gasteiger partial charge in [-0.25, -0.2) is 0 Å². The quantitative estimate of drug-likeness (QED) is 0.597. The summed E-state index contributed by atoms with van der Waals surface area (Å²) in [7, 11) is 0. The van der Waals surface area contributed by atoms with Gasteiger partial charge >= 0.3 is 0 Å². The van der Waals surface area contributed by atoms with E-state index in [9.17, 15) is 0 Å². The molecule has 1 aliphatic heterocycles. The first-order valence-electron chi connectivity index (χ1n) is 7.80. The Morgan fingerprint density at radius 3 is 2.43 bits per heavy atom. The molecule has 0 atom stereocenters. The summed E-state index contributed by atoms with van der Waals surface area (Å²) < 4.78 is 11.9. The van der Waals surface area contributed by atoms with Crippen LogP contribution in [-0.2, 0) is 15.9 Å². The molecule has 0 aliphatic carbocycles. The summed E-state index contributed by atoms with van der Waals surface area (Å²) in [5, 5.41) is 2.41. The third kappa shape index (κ3) is 3.74. The number of aryl methyl sites for hydroxylation is 1. The van der Waals surface area contributed by atoms with Crippen molar-refractivity contribution in [1.29, 1.82) is 0 Å². The largest absolute Gasteiger partial charge is 0.348 e. The summed E-state index contributed by atoms with van der Waals surface area (Å²) in [6.45, 7) is 3.42. The molecule has 4 heteroatoms. The maximum absolute atomic E-state index is 5.93. The van der Waals surface area contributed by atoms with Gasteiger partial charge in [0.25, 0.3) is 0 Å². The van der Waals surface area contributed by atoms with Crippen molar-refractivity contribution in [2.75, 3.05) is 13.2 Å². The number of benzene rings is 2. The van der Waals surface area contributed by atoms with Gasteiger partial charge in [-0.05, 0) is 35.8 Å². The van der Waals surface area contributed by atoms with Crippen LogP contribution >= 0.6 is 12.2 Å². The molecule has 1 aliphatic rings. The number of hydrogen-bond donors (Lipinski definition) is 0. The summed E-state index contributed by atoms with van der Waals surface area (Å²) in [5.41, 5.74) is 4.24. The second kappa shape index (κ2) is 7.62. The summed E-state index contributed by atoms with van der Waals surface area (Å²) in [6.07, 6.45) is 0.654. The predicted octanol–water partition coefficient (Wildman–Crippen LogP) is 4.81. The van der Waals surface area contributed by atoms with E-state index in [1.165, 1.54) is 11.1 Å². The van der Waals surface area contributed by atoms with Crippen LogP contribution in [0.5, 0.6) is 0 Å². The van der Waals surface area contributed by atoms with E-state index in [1.54, 1.807) is 0 Å². The third-order valence-electron chi connectivity index (χ3n) is 4.11. The topological polar surface area (TPSA) is 30.8 Å². The average Bonchev–Trinajstić information content (AvgIpc) is 2.63. The maximum Gasteiger partial charge on any atom is 0.185 e. The van der Waals surface area contributed by atoms with Gasteiger partial charge < -0.3 is 9.47 Å². The van der Waals surface area contributed by atoms with Gasteiger partial charge in [0, 0.05) is 11.5 Å². The first-order valence-corrected chi connectivity index (χ1v) is 8.21. The molecule has 1 saturated heterocycles. The van der Waals surface area contributed by atoms with Crippen molar-refractivity contribution in [3.05, 3.63) is 65.2 Å². The number of hydrogen-bond acceptors (Lipinski definition) is 4. The second-order valence-corrected chi connectivity index (χ2v) is 5.74. The molecule has 118 valence electrons. The van der Waals surface area contributed by atoms with E-state index in [1.807, 2.05) is 24.3 Å². The normalized spacial score (nSPS) is 20.7. The minimum absolute atomic E-state index is 0.262. The van der Waals surface area contributed by atoms with Gasteiger partial charge in [0.05, 0.1) is 24.1 Å². The number of para-hydroxylation sites is 1. The second-order valence-electron chi connectivity index (χ2n) is 5.55. The fraction of sp³-hybridized carbons (Fsp3) is 0.316. The molecule has 0 unspecified atom stereocenters. The molecule has 3 rings (SSSR count). The Morgan fingerprint density at radius 1 is 1.09 bits per heavy atom. The van der Waals surface area contributed by atoms with Gasteiger partial charge in [0.1, 0.15) is 0 Å². The van der Waals surface area contributed by atoms with E-state index in [0.717, 1.165) is 17.7 Å². The predicted molar refractivity (Wildman–Crippen MR) is 94.3 cm³/mol. The minimum Gasteiger partial charge on any atom is -0.348 e. The van der Waals surface area contributed by atoms with Crippen molar-refractivity contribution in [1.82, 2.24) is 0 Å². The fourth-order valence-corrected chi connectivity index (χ4v) is 2.84. The van der Waals surface area contributed by atoms with E-state index >= 15 is 0 Å². The summed E-state index contributed by atoms with van der Waals surface area (Å²) >= 11 is 4.70. The van der Waals surface area contributed by atoms with Gasteiger partial charge in [0.15, 0.2) is 6.29 Å². The Morgan fingerprint density at radius 2 is 1.78 bits per heavy atom. The highest BCUT2D eigenvalue weighted by Crippen LogP contribution is 2.34. The van der Waals surface area contributed by atoms with Crippen molar-refractivity contribution in [3.8, 4) is 0 Å². The SMILES string of the molecule is CCc1ccc(C2COC(c3ccccc3N=C=S)OC2)cc1. The van der Waals surface area contributed by atoms with Crippen LogP contribution in [0.15, 0.2) is 53.5 Å². The molecule has 0 bridgehead atoms. The zero-order valence-electron chi connectivity index (χ0n) is 13.1. The lowest BCUT2D eigenvalue weighted by atomic mass is 9.98. The van der Waals surface area contributed by atoms with Crippen LogP contribution in [0.4, 0.5) is 5.69 Å². The Bertz CT molecular complexity index is 700. The molecule has 0 aromatic heterocycles. The standard InChI is InChI=1S/C19H19NO2S/c1-2-14-7-9-15(10-8-14)16-11-21-19(22-12-16)17-5-3-4-6-18(17)20-13-23/h3-10,16,19H,2,11-12H2,1H3. The van der Waals surface area contributed by atoms with Gasteiger partial charge in [-0.1, -0.05) is 49.4 Å². The highest BCUT2D eigenvalue weighted by molar-refractivity contribution is 7.78. The molecule has 0 radical (unpaired) electrons. The van der Waals surface area contributed by atoms with Crippen LogP contribution < -0.4 is 0 Å². The van der Waals surface area contributed by atoms with Gasteiger partial charge in [-0.3, -0.25) is 0 Å². The average molecular weight is 325 g/mol. The van der Waals surface area contributed by atoms with Crippen molar-refractivity contribution in [2.24, 2.45) is 4.99 Å². The first-order chi connectivity index (χ1) is 11.3. The lowest BCUT2D eigenvalue weighted by Gasteiger charge is -2.30. The van der Waals surface area contributed by atoms with Gasteiger partial charge in [-0.15, -0.1) is 0 Å². The van der Waals surface area contributed by atoms with Crippen LogP contribution in [0.25, 0.3) is 0 Å². The summed E-state index contributed by atoms with van der Waals surface area (Å²) in [6, 6.07) is 16.4. The number of isothiocyanates is 1. The number of nitrogens with zero attached hydrogens (tertiary/aromatic N) is 1. The van der Waals surface area contributed by atoms with Crippen LogP contribution in [0.3, 0.4) is 0 Å². The van der Waals surface area contributed by atoms with Crippen molar-refractivity contribution < 1.29 is 9.47 Å². The molecular weight excluding hydrogens is 306 g/mol. The Balaban J connectivity index is 1.69. The van der Waals surface area contributed by atoms with E-state index in [4.69, 9.17) is 21.7 Å². The van der Waals surface area contributed by atoms with E-state index in [2.05, 4.69) is 41.3 Å². The lowest BCUT2D eigenvalue weighted by molar-refractivity contribution is -0.191. The Labute approximate surface area is 142 Å². The molecular formula is C19H19NO2S. The fourth-order valence-electron chi connectivity index (χ4n) is 2.74. The maximum atomic E-state index is 5.93. The summed E-state index contributed by atoms with van der Waals surface area (Å²) in [5.74, 6) is 0.262. The molecule has 2 aromatic carbocycles. The molecule has 23 heavy (non-hydrogen) atoms.